The second kappa shape index (κ2) is 4.07. The number of aromatic nitrogens is 1. The quantitative estimate of drug-likeness (QED) is 0.847. The topological polar surface area (TPSA) is 73.4 Å². The fraction of sp³-hybridized carbons (Fsp3) is 0.455. The molecule has 5 nitrogen and oxygen atoms in total. The van der Waals surface area contributed by atoms with Crippen molar-refractivity contribution < 1.29 is 14.7 Å². The van der Waals surface area contributed by atoms with Crippen molar-refractivity contribution in [2.75, 3.05) is 6.54 Å². The molecule has 2 N–H and O–H groups in total. The molecule has 2 rings (SSSR count). The molecule has 0 radical (unpaired) electrons. The zero-order chi connectivity index (χ0) is 12.6. The van der Waals surface area contributed by atoms with Gasteiger partial charge in [-0.05, 0) is 25.8 Å². The molecule has 1 unspecified atom stereocenters. The number of carboxylic acid groups (broad SMARTS) is 1. The zero-order valence-electron chi connectivity index (χ0n) is 9.36. The fourth-order valence-corrected chi connectivity index (χ4v) is 2.31. The number of aliphatic carboxylic acids is 1. The predicted octanol–water partition coefficient (Wildman–Crippen LogP) is 1.75. The van der Waals surface area contributed by atoms with Crippen molar-refractivity contribution in [2.45, 2.75) is 25.3 Å². The number of rotatable bonds is 2. The third-order valence-corrected chi connectivity index (χ3v) is 3.44. The number of nitrogens with zero attached hydrogens (tertiary/aromatic N) is 1. The Hall–Kier alpha value is -1.49. The highest BCUT2D eigenvalue weighted by Crippen LogP contribution is 2.30. The predicted molar refractivity (Wildman–Crippen MR) is 62.1 cm³/mol. The van der Waals surface area contributed by atoms with Gasteiger partial charge in [-0.15, -0.1) is 0 Å². The lowest BCUT2D eigenvalue weighted by atomic mass is 9.99. The van der Waals surface area contributed by atoms with Gasteiger partial charge in [0.25, 0.3) is 5.91 Å². The van der Waals surface area contributed by atoms with Gasteiger partial charge in [-0.25, -0.2) is 4.79 Å². The minimum atomic E-state index is -1.12. The number of likely N-dealkylation sites (tertiary alicyclic amines) is 1. The van der Waals surface area contributed by atoms with Gasteiger partial charge in [-0.1, -0.05) is 11.6 Å². The van der Waals surface area contributed by atoms with Gasteiger partial charge in [0.2, 0.25) is 0 Å². The summed E-state index contributed by atoms with van der Waals surface area (Å²) in [6, 6.07) is 1.50. The van der Waals surface area contributed by atoms with Crippen molar-refractivity contribution >= 4 is 23.5 Å². The van der Waals surface area contributed by atoms with Crippen LogP contribution in [0.2, 0.25) is 5.02 Å². The van der Waals surface area contributed by atoms with Crippen LogP contribution in [0.15, 0.2) is 12.3 Å². The number of carboxylic acids is 1. The second-order valence-corrected chi connectivity index (χ2v) is 4.81. The average Bonchev–Trinajstić information content (AvgIpc) is 2.85. The molecule has 0 spiro atoms. The van der Waals surface area contributed by atoms with E-state index in [4.69, 9.17) is 11.6 Å². The molecule has 0 aliphatic carbocycles. The lowest BCUT2D eigenvalue weighted by Gasteiger charge is -2.30. The summed E-state index contributed by atoms with van der Waals surface area (Å²) in [6.45, 7) is 2.03. The first-order chi connectivity index (χ1) is 7.95. The number of aromatic amines is 1. The molecule has 0 aromatic carbocycles. The van der Waals surface area contributed by atoms with Crippen LogP contribution >= 0.6 is 11.6 Å². The van der Waals surface area contributed by atoms with Crippen LogP contribution in [-0.2, 0) is 4.79 Å². The number of hydrogen-bond donors (Lipinski definition) is 2. The summed E-state index contributed by atoms with van der Waals surface area (Å²) in [5, 5.41) is 9.65. The van der Waals surface area contributed by atoms with Crippen molar-refractivity contribution in [1.29, 1.82) is 0 Å². The normalized spacial score (nSPS) is 24.0. The maximum absolute atomic E-state index is 12.2. The summed E-state index contributed by atoms with van der Waals surface area (Å²) in [5.41, 5.74) is -0.793. The number of carbonyl (C=O) groups excluding carboxylic acids is 1. The Kier molecular flexibility index (Phi) is 2.87. The minimum Gasteiger partial charge on any atom is -0.480 e. The van der Waals surface area contributed by atoms with Crippen LogP contribution in [0.1, 0.15) is 30.3 Å². The van der Waals surface area contributed by atoms with Crippen molar-refractivity contribution in [3.63, 3.8) is 0 Å². The van der Waals surface area contributed by atoms with E-state index < -0.39 is 11.5 Å². The third kappa shape index (κ3) is 1.91. The molecule has 1 atom stereocenters. The fourth-order valence-electron chi connectivity index (χ4n) is 2.15. The summed E-state index contributed by atoms with van der Waals surface area (Å²) in [5.74, 6) is -1.29. The first-order valence-electron chi connectivity index (χ1n) is 5.34. The van der Waals surface area contributed by atoms with E-state index in [-0.39, 0.29) is 5.91 Å². The molecule has 1 fully saturated rings. The van der Waals surface area contributed by atoms with E-state index in [2.05, 4.69) is 4.98 Å². The van der Waals surface area contributed by atoms with Crippen LogP contribution in [0, 0.1) is 0 Å². The number of nitrogens with one attached hydrogen (secondary N) is 1. The largest absolute Gasteiger partial charge is 0.480 e. The molecule has 2 heterocycles. The maximum atomic E-state index is 12.2. The highest BCUT2D eigenvalue weighted by atomic mass is 35.5. The number of hydrogen-bond acceptors (Lipinski definition) is 2. The molecule has 17 heavy (non-hydrogen) atoms. The molecular weight excluding hydrogens is 244 g/mol. The van der Waals surface area contributed by atoms with E-state index in [1.165, 1.54) is 17.2 Å². The zero-order valence-corrected chi connectivity index (χ0v) is 10.1. The molecule has 1 aromatic rings. The van der Waals surface area contributed by atoms with E-state index in [9.17, 15) is 14.7 Å². The molecule has 1 aliphatic heterocycles. The van der Waals surface area contributed by atoms with Crippen molar-refractivity contribution in [1.82, 2.24) is 9.88 Å². The minimum absolute atomic E-state index is 0.320. The van der Waals surface area contributed by atoms with Crippen LogP contribution < -0.4 is 0 Å². The molecule has 1 aromatic heterocycles. The van der Waals surface area contributed by atoms with Gasteiger partial charge < -0.3 is 15.0 Å². The number of amides is 1. The highest BCUT2D eigenvalue weighted by Gasteiger charge is 2.46. The van der Waals surface area contributed by atoms with Gasteiger partial charge in [-0.3, -0.25) is 4.79 Å². The number of halogens is 1. The van der Waals surface area contributed by atoms with E-state index >= 15 is 0 Å². The Morgan fingerprint density at radius 3 is 2.82 bits per heavy atom. The van der Waals surface area contributed by atoms with Crippen LogP contribution in [0.25, 0.3) is 0 Å². The molecular formula is C11H13ClN2O3. The monoisotopic (exact) mass is 256 g/mol. The Labute approximate surface area is 103 Å². The molecule has 0 saturated carbocycles. The Morgan fingerprint density at radius 1 is 1.59 bits per heavy atom. The van der Waals surface area contributed by atoms with Crippen LogP contribution in [-0.4, -0.2) is 39.0 Å². The SMILES string of the molecule is CC1(C(=O)O)CCCN1C(=O)c1cc(Cl)c[nH]1. The van der Waals surface area contributed by atoms with Gasteiger partial charge >= 0.3 is 5.97 Å². The summed E-state index contributed by atoms with van der Waals surface area (Å²) in [4.78, 5) is 27.5. The number of H-pyrrole nitrogens is 1. The highest BCUT2D eigenvalue weighted by molar-refractivity contribution is 6.31. The Balaban J connectivity index is 2.28. The van der Waals surface area contributed by atoms with E-state index in [1.54, 1.807) is 6.92 Å². The Bertz CT molecular complexity index is 471. The van der Waals surface area contributed by atoms with Crippen LogP contribution in [0.3, 0.4) is 0 Å². The maximum Gasteiger partial charge on any atom is 0.329 e. The molecule has 1 aliphatic rings. The second-order valence-electron chi connectivity index (χ2n) is 4.37. The molecule has 92 valence electrons. The van der Waals surface area contributed by atoms with E-state index in [0.717, 1.165) is 0 Å². The third-order valence-electron chi connectivity index (χ3n) is 3.23. The summed E-state index contributed by atoms with van der Waals surface area (Å²) < 4.78 is 0. The molecule has 1 saturated heterocycles. The summed E-state index contributed by atoms with van der Waals surface area (Å²) in [7, 11) is 0. The van der Waals surface area contributed by atoms with Crippen molar-refractivity contribution in [2.24, 2.45) is 0 Å². The lowest BCUT2D eigenvalue weighted by Crippen LogP contribution is -2.50. The number of carbonyl (C=O) groups is 2. The van der Waals surface area contributed by atoms with Crippen LogP contribution in [0.4, 0.5) is 0 Å². The van der Waals surface area contributed by atoms with Crippen molar-refractivity contribution in [3.8, 4) is 0 Å². The molecule has 0 bridgehead atoms. The first-order valence-corrected chi connectivity index (χ1v) is 5.72. The summed E-state index contributed by atoms with van der Waals surface area (Å²) in [6.07, 6.45) is 2.68. The first kappa shape index (κ1) is 12.0. The van der Waals surface area contributed by atoms with Crippen LogP contribution in [0.5, 0.6) is 0 Å². The van der Waals surface area contributed by atoms with Gasteiger partial charge in [0.05, 0.1) is 5.02 Å². The molecule has 6 heteroatoms. The van der Waals surface area contributed by atoms with Crippen molar-refractivity contribution in [3.05, 3.63) is 23.0 Å². The Morgan fingerprint density at radius 2 is 2.29 bits per heavy atom. The van der Waals surface area contributed by atoms with E-state index in [1.807, 2.05) is 0 Å². The average molecular weight is 257 g/mol. The smallest absolute Gasteiger partial charge is 0.329 e. The van der Waals surface area contributed by atoms with Gasteiger partial charge in [-0.2, -0.15) is 0 Å². The molecule has 1 amide bonds. The van der Waals surface area contributed by atoms with E-state index in [0.29, 0.717) is 30.1 Å². The lowest BCUT2D eigenvalue weighted by molar-refractivity contribution is -0.147. The van der Waals surface area contributed by atoms with Gasteiger partial charge in [0.15, 0.2) is 0 Å². The summed E-state index contributed by atoms with van der Waals surface area (Å²) >= 11 is 5.73. The standard InChI is InChI=1S/C11H13ClN2O3/c1-11(10(16)17)3-2-4-14(11)9(15)8-5-7(12)6-13-8/h5-6,13H,2-4H2,1H3,(H,16,17). The van der Waals surface area contributed by atoms with Gasteiger partial charge in [0.1, 0.15) is 11.2 Å². The van der Waals surface area contributed by atoms with Gasteiger partial charge in [0, 0.05) is 12.7 Å².